The third kappa shape index (κ3) is 20.4. The molecule has 0 bridgehead atoms. The summed E-state index contributed by atoms with van der Waals surface area (Å²) in [5.41, 5.74) is 0.776. The zero-order chi connectivity index (χ0) is 46.9. The normalized spacial score (nSPS) is 13.2. The van der Waals surface area contributed by atoms with Gasteiger partial charge in [0, 0.05) is 25.8 Å². The van der Waals surface area contributed by atoms with Crippen molar-refractivity contribution in [2.45, 2.75) is 174 Å². The maximum absolute atomic E-state index is 12.5. The second-order valence-electron chi connectivity index (χ2n) is 17.8. The van der Waals surface area contributed by atoms with Gasteiger partial charge >= 0.3 is 11.7 Å². The highest BCUT2D eigenvalue weighted by Gasteiger charge is 2.29. The van der Waals surface area contributed by atoms with E-state index in [0.29, 0.717) is 43.3 Å². The van der Waals surface area contributed by atoms with Crippen molar-refractivity contribution >= 4 is 28.7 Å². The molecule has 16 heteroatoms. The van der Waals surface area contributed by atoms with E-state index in [-0.39, 0.29) is 42.6 Å². The molecule has 0 spiro atoms. The minimum absolute atomic E-state index is 0.109. The molecule has 0 saturated heterocycles. The average molecular weight is 898 g/mol. The van der Waals surface area contributed by atoms with E-state index in [4.69, 9.17) is 4.74 Å². The van der Waals surface area contributed by atoms with Gasteiger partial charge in [-0.25, -0.2) is 9.78 Å². The topological polar surface area (TPSA) is 220 Å². The maximum atomic E-state index is 12.5. The number of nitrogens with one attached hydrogen (secondary N) is 2. The highest BCUT2D eigenvalue weighted by molar-refractivity contribution is 5.82. The molecule has 3 rings (SSSR count). The number of Topliss-reactive ketones (excluding diaryl/α,β-unsaturated/α-hetero) is 1. The summed E-state index contributed by atoms with van der Waals surface area (Å²) in [5, 5.41) is 34.9. The molecular formula is C48H79N7O9. The first-order valence-electron chi connectivity index (χ1n) is 24.0. The van der Waals surface area contributed by atoms with E-state index in [2.05, 4.69) is 51.1 Å². The van der Waals surface area contributed by atoms with E-state index >= 15 is 0 Å². The fraction of sp³-hybridized carbons (Fsp3) is 0.729. The zero-order valence-electron chi connectivity index (χ0n) is 39.5. The molecule has 0 radical (unpaired) electrons. The molecule has 5 N–H and O–H groups in total. The number of aliphatic hydroxyl groups excluding tert-OH is 3. The van der Waals surface area contributed by atoms with Gasteiger partial charge in [-0.1, -0.05) is 71.1 Å². The Labute approximate surface area is 379 Å². The molecule has 1 aromatic carbocycles. The van der Waals surface area contributed by atoms with E-state index in [0.717, 1.165) is 50.0 Å². The summed E-state index contributed by atoms with van der Waals surface area (Å²) >= 11 is 0. The minimum Gasteiger partial charge on any atom is -0.463 e. The number of ketones is 1. The maximum Gasteiger partial charge on any atom is 0.349 e. The Morgan fingerprint density at radius 1 is 0.719 bits per heavy atom. The fourth-order valence-electron chi connectivity index (χ4n) is 7.82. The molecule has 2 heterocycles. The van der Waals surface area contributed by atoms with E-state index in [9.17, 15) is 39.3 Å². The van der Waals surface area contributed by atoms with Crippen molar-refractivity contribution in [3.05, 3.63) is 44.1 Å². The Balaban J connectivity index is 1.19. The SMILES string of the molecule is CCCCCCCCCCCCN(C)CCCN(C)CCCCCC(=O)CCCCNC(=O)CCC(=O)OCC(O)C(O)C(O)Cn1c2nc(=O)[nH]c(=O)c-2nc2cc(C)c(C)cc21. The van der Waals surface area contributed by atoms with Gasteiger partial charge < -0.3 is 39.7 Å². The number of carbonyl (C=O) groups excluding carboxylic acids is 3. The molecule has 3 unspecified atom stereocenters. The molecule has 3 atom stereocenters. The summed E-state index contributed by atoms with van der Waals surface area (Å²) in [7, 11) is 4.42. The summed E-state index contributed by atoms with van der Waals surface area (Å²) in [5.74, 6) is -0.998. The number of H-pyrrole nitrogens is 1. The largest absolute Gasteiger partial charge is 0.463 e. The van der Waals surface area contributed by atoms with Crippen LogP contribution in [0.15, 0.2) is 21.7 Å². The molecule has 1 aromatic rings. The molecule has 360 valence electrons. The van der Waals surface area contributed by atoms with Crippen molar-refractivity contribution in [3.8, 4) is 11.5 Å². The van der Waals surface area contributed by atoms with Gasteiger partial charge in [-0.3, -0.25) is 24.2 Å². The van der Waals surface area contributed by atoms with Crippen LogP contribution in [-0.2, 0) is 25.7 Å². The summed E-state index contributed by atoms with van der Waals surface area (Å²) in [6.07, 6.45) is 14.7. The first-order valence-corrected chi connectivity index (χ1v) is 24.0. The Kier molecular flexibility index (Phi) is 25.6. The van der Waals surface area contributed by atoms with Crippen LogP contribution in [0.25, 0.3) is 22.6 Å². The van der Waals surface area contributed by atoms with Crippen LogP contribution >= 0.6 is 0 Å². The predicted octanol–water partition coefficient (Wildman–Crippen LogP) is 5.20. The van der Waals surface area contributed by atoms with Crippen LogP contribution in [0.2, 0.25) is 0 Å². The van der Waals surface area contributed by atoms with Crippen LogP contribution in [0.4, 0.5) is 0 Å². The minimum atomic E-state index is -1.79. The zero-order valence-corrected chi connectivity index (χ0v) is 39.5. The lowest BCUT2D eigenvalue weighted by molar-refractivity contribution is -0.152. The van der Waals surface area contributed by atoms with Crippen LogP contribution in [0, 0.1) is 13.8 Å². The Morgan fingerprint density at radius 2 is 1.28 bits per heavy atom. The highest BCUT2D eigenvalue weighted by Crippen LogP contribution is 2.25. The van der Waals surface area contributed by atoms with E-state index in [1.807, 2.05) is 13.8 Å². The van der Waals surface area contributed by atoms with Crippen LogP contribution < -0.4 is 16.6 Å². The van der Waals surface area contributed by atoms with Crippen LogP contribution in [0.3, 0.4) is 0 Å². The summed E-state index contributed by atoms with van der Waals surface area (Å²) in [4.78, 5) is 76.8. The van der Waals surface area contributed by atoms with Gasteiger partial charge in [0.25, 0.3) is 5.56 Å². The first kappa shape index (κ1) is 54.2. The fourth-order valence-corrected chi connectivity index (χ4v) is 7.82. The van der Waals surface area contributed by atoms with Crippen molar-refractivity contribution in [2.75, 3.05) is 53.4 Å². The summed E-state index contributed by atoms with van der Waals surface area (Å²) < 4.78 is 6.44. The number of fused-ring (bicyclic) bond motifs is 2. The van der Waals surface area contributed by atoms with Gasteiger partial charge in [0.1, 0.15) is 30.7 Å². The Morgan fingerprint density at radius 3 is 1.92 bits per heavy atom. The number of aromatic amines is 1. The van der Waals surface area contributed by atoms with Crippen molar-refractivity contribution in [1.29, 1.82) is 0 Å². The molecular weight excluding hydrogens is 819 g/mol. The number of rotatable bonds is 35. The van der Waals surface area contributed by atoms with Gasteiger partial charge in [0.15, 0.2) is 11.5 Å². The van der Waals surface area contributed by atoms with Crippen molar-refractivity contribution in [1.82, 2.24) is 34.6 Å². The number of benzene rings is 1. The van der Waals surface area contributed by atoms with Gasteiger partial charge in [-0.05, 0) is 116 Å². The molecule has 0 saturated carbocycles. The van der Waals surface area contributed by atoms with Gasteiger partial charge in [-0.15, -0.1) is 0 Å². The number of hydrogen-bond donors (Lipinski definition) is 5. The van der Waals surface area contributed by atoms with Crippen molar-refractivity contribution in [2.24, 2.45) is 0 Å². The van der Waals surface area contributed by atoms with Crippen LogP contribution in [0.1, 0.15) is 146 Å². The first-order chi connectivity index (χ1) is 30.7. The summed E-state index contributed by atoms with van der Waals surface area (Å²) in [6, 6.07) is 3.50. The number of nitrogens with zero attached hydrogens (tertiary/aromatic N) is 5. The molecule has 2 aliphatic heterocycles. The number of ether oxygens (including phenoxy) is 1. The lowest BCUT2D eigenvalue weighted by atomic mass is 10.1. The predicted molar refractivity (Wildman–Crippen MR) is 251 cm³/mol. The van der Waals surface area contributed by atoms with E-state index in [1.54, 1.807) is 12.1 Å². The molecule has 0 aliphatic carbocycles. The number of esters is 1. The Bertz CT molecular complexity index is 1940. The van der Waals surface area contributed by atoms with Gasteiger partial charge in [0.2, 0.25) is 5.91 Å². The molecule has 0 fully saturated rings. The van der Waals surface area contributed by atoms with E-state index < -0.39 is 42.1 Å². The number of amides is 1. The lowest BCUT2D eigenvalue weighted by Crippen LogP contribution is -2.43. The summed E-state index contributed by atoms with van der Waals surface area (Å²) in [6.45, 7) is 9.78. The van der Waals surface area contributed by atoms with Crippen molar-refractivity contribution < 1.29 is 34.4 Å². The average Bonchev–Trinajstić information content (AvgIpc) is 3.25. The number of unbranched alkanes of at least 4 members (excludes halogenated alkanes) is 12. The second kappa shape index (κ2) is 30.2. The lowest BCUT2D eigenvalue weighted by Gasteiger charge is -2.25. The van der Waals surface area contributed by atoms with Crippen LogP contribution in [0.5, 0.6) is 0 Å². The quantitative estimate of drug-likeness (QED) is 0.0292. The Hall–Kier alpha value is -4.09. The molecule has 16 nitrogen and oxygen atoms in total. The van der Waals surface area contributed by atoms with Gasteiger partial charge in [-0.2, -0.15) is 4.98 Å². The standard InChI is InChI=1S/C48H79N7O9/c1-6-7-8-9-10-11-12-13-14-19-27-53(4)29-21-30-54(5)28-20-15-16-22-37(56)23-17-18-26-49-42(59)24-25-43(60)64-34-41(58)45(61)40(57)33-55-39-32-36(3)35(2)31-38(39)50-44-46(55)51-48(63)52-47(44)62/h31-32,40-41,45,57-58,61H,6-30,33-34H2,1-5H3,(H,49,59)(H,52,62,63). The molecule has 0 aromatic heterocycles. The van der Waals surface area contributed by atoms with Gasteiger partial charge in [0.05, 0.1) is 24.0 Å². The molecule has 1 amide bonds. The monoisotopic (exact) mass is 898 g/mol. The number of hydrogen-bond acceptors (Lipinski definition) is 13. The smallest absolute Gasteiger partial charge is 0.349 e. The van der Waals surface area contributed by atoms with E-state index in [1.165, 1.54) is 81.7 Å². The number of aromatic nitrogens is 4. The van der Waals surface area contributed by atoms with Crippen LogP contribution in [-0.4, -0.2) is 134 Å². The molecule has 64 heavy (non-hydrogen) atoms. The second-order valence-corrected chi connectivity index (χ2v) is 17.8. The third-order valence-corrected chi connectivity index (χ3v) is 12.0. The van der Waals surface area contributed by atoms with Crippen molar-refractivity contribution in [3.63, 3.8) is 0 Å². The number of carbonyl (C=O) groups is 3. The highest BCUT2D eigenvalue weighted by atomic mass is 16.5. The molecule has 2 aliphatic rings. The third-order valence-electron chi connectivity index (χ3n) is 12.0. The number of aliphatic hydroxyl groups is 3. The number of aryl methyl sites for hydroxylation is 2.